The van der Waals surface area contributed by atoms with Crippen LogP contribution in [0.25, 0.3) is 10.8 Å². The molecule has 0 aromatic carbocycles. The summed E-state index contributed by atoms with van der Waals surface area (Å²) in [5, 5.41) is 15.1. The number of carbonyl (C=O) groups is 1. The standard InChI is InChI=1S/C16H20N2O4S/c1-11-12(18-15(22-11)13-3-2-8-23-13)9-14(19)17-10-16(20)4-6-21-7-5-16/h2-3,8,20H,4-7,9-10H2,1H3,(H,17,19). The molecule has 1 fully saturated rings. The van der Waals surface area contributed by atoms with Crippen LogP contribution in [0.1, 0.15) is 24.3 Å². The zero-order valence-corrected chi connectivity index (χ0v) is 13.8. The highest BCUT2D eigenvalue weighted by Gasteiger charge is 2.30. The van der Waals surface area contributed by atoms with Crippen LogP contribution in [0, 0.1) is 6.92 Å². The summed E-state index contributed by atoms with van der Waals surface area (Å²) in [5.41, 5.74) is -0.237. The Morgan fingerprint density at radius 3 is 2.96 bits per heavy atom. The fourth-order valence-corrected chi connectivity index (χ4v) is 3.15. The largest absolute Gasteiger partial charge is 0.440 e. The fraction of sp³-hybridized carbons (Fsp3) is 0.500. The summed E-state index contributed by atoms with van der Waals surface area (Å²) < 4.78 is 10.9. The first-order valence-corrected chi connectivity index (χ1v) is 8.51. The van der Waals surface area contributed by atoms with Crippen molar-refractivity contribution in [3.63, 3.8) is 0 Å². The number of ether oxygens (including phenoxy) is 1. The van der Waals surface area contributed by atoms with E-state index in [-0.39, 0.29) is 18.9 Å². The Morgan fingerprint density at radius 1 is 1.48 bits per heavy atom. The minimum absolute atomic E-state index is 0.146. The molecule has 0 bridgehead atoms. The Balaban J connectivity index is 1.57. The van der Waals surface area contributed by atoms with Crippen molar-refractivity contribution in [2.45, 2.75) is 31.8 Å². The monoisotopic (exact) mass is 336 g/mol. The molecule has 1 aliphatic heterocycles. The van der Waals surface area contributed by atoms with E-state index in [1.807, 2.05) is 17.5 Å². The molecule has 2 aromatic heterocycles. The molecule has 0 aliphatic carbocycles. The number of amides is 1. The van der Waals surface area contributed by atoms with E-state index in [1.54, 1.807) is 18.3 Å². The number of thiophene rings is 1. The van der Waals surface area contributed by atoms with Gasteiger partial charge in [-0.25, -0.2) is 4.98 Å². The first-order chi connectivity index (χ1) is 11.1. The summed E-state index contributed by atoms with van der Waals surface area (Å²) in [6.07, 6.45) is 1.23. The Bertz CT molecular complexity index is 660. The predicted octanol–water partition coefficient (Wildman–Crippen LogP) is 1.91. The second-order valence-corrected chi connectivity index (χ2v) is 6.74. The van der Waals surface area contributed by atoms with Crippen molar-refractivity contribution in [3.05, 3.63) is 29.0 Å². The lowest BCUT2D eigenvalue weighted by atomic mass is 9.94. The van der Waals surface area contributed by atoms with Crippen molar-refractivity contribution in [1.82, 2.24) is 10.3 Å². The van der Waals surface area contributed by atoms with Crippen LogP contribution in [0.4, 0.5) is 0 Å². The van der Waals surface area contributed by atoms with Crippen molar-refractivity contribution in [2.24, 2.45) is 0 Å². The molecule has 0 radical (unpaired) electrons. The lowest BCUT2D eigenvalue weighted by Gasteiger charge is -2.32. The number of aliphatic hydroxyl groups is 1. The molecule has 6 nitrogen and oxygen atoms in total. The van der Waals surface area contributed by atoms with Crippen molar-refractivity contribution >= 4 is 17.2 Å². The van der Waals surface area contributed by atoms with Gasteiger partial charge in [-0.3, -0.25) is 4.79 Å². The van der Waals surface area contributed by atoms with Gasteiger partial charge in [0.2, 0.25) is 11.8 Å². The quantitative estimate of drug-likeness (QED) is 0.871. The minimum atomic E-state index is -0.866. The average Bonchev–Trinajstić information content (AvgIpc) is 3.17. The van der Waals surface area contributed by atoms with Crippen LogP contribution in [0.3, 0.4) is 0 Å². The first-order valence-electron chi connectivity index (χ1n) is 7.63. The molecule has 1 saturated heterocycles. The molecular formula is C16H20N2O4S. The molecule has 0 unspecified atom stereocenters. The minimum Gasteiger partial charge on any atom is -0.440 e. The molecule has 3 rings (SSSR count). The number of nitrogens with zero attached hydrogens (tertiary/aromatic N) is 1. The molecule has 0 atom stereocenters. The van der Waals surface area contributed by atoms with Crippen LogP contribution in [-0.2, 0) is 16.0 Å². The van der Waals surface area contributed by atoms with Gasteiger partial charge in [0, 0.05) is 32.6 Å². The van der Waals surface area contributed by atoms with E-state index in [9.17, 15) is 9.90 Å². The number of aryl methyl sites for hydroxylation is 1. The molecule has 124 valence electrons. The first kappa shape index (κ1) is 16.2. The average molecular weight is 336 g/mol. The van der Waals surface area contributed by atoms with Crippen LogP contribution >= 0.6 is 11.3 Å². The number of oxazole rings is 1. The van der Waals surface area contributed by atoms with E-state index in [0.717, 1.165) is 4.88 Å². The predicted molar refractivity (Wildman–Crippen MR) is 86.3 cm³/mol. The third kappa shape index (κ3) is 3.99. The highest BCUT2D eigenvalue weighted by molar-refractivity contribution is 7.13. The number of hydrogen-bond donors (Lipinski definition) is 2. The lowest BCUT2D eigenvalue weighted by Crippen LogP contribution is -2.47. The third-order valence-corrected chi connectivity index (χ3v) is 4.85. The number of aromatic nitrogens is 1. The number of rotatable bonds is 5. The van der Waals surface area contributed by atoms with Crippen molar-refractivity contribution in [1.29, 1.82) is 0 Å². The second kappa shape index (κ2) is 6.82. The molecule has 1 amide bonds. The van der Waals surface area contributed by atoms with Gasteiger partial charge in [-0.15, -0.1) is 11.3 Å². The Labute approximate surface area is 138 Å². The van der Waals surface area contributed by atoms with Gasteiger partial charge in [0.05, 0.1) is 22.6 Å². The maximum absolute atomic E-state index is 12.1. The van der Waals surface area contributed by atoms with Crippen molar-refractivity contribution in [2.75, 3.05) is 19.8 Å². The number of hydrogen-bond acceptors (Lipinski definition) is 6. The van der Waals surface area contributed by atoms with Crippen LogP contribution in [-0.4, -0.2) is 41.4 Å². The maximum Gasteiger partial charge on any atom is 0.236 e. The highest BCUT2D eigenvalue weighted by Crippen LogP contribution is 2.26. The van der Waals surface area contributed by atoms with E-state index >= 15 is 0 Å². The molecule has 1 aliphatic rings. The molecule has 0 saturated carbocycles. The van der Waals surface area contributed by atoms with Crippen LogP contribution < -0.4 is 5.32 Å². The van der Waals surface area contributed by atoms with Gasteiger partial charge in [0.25, 0.3) is 0 Å². The molecule has 2 aromatic rings. The van der Waals surface area contributed by atoms with E-state index in [0.29, 0.717) is 43.4 Å². The van der Waals surface area contributed by atoms with Crippen LogP contribution in [0.2, 0.25) is 0 Å². The Kier molecular flexibility index (Phi) is 4.79. The van der Waals surface area contributed by atoms with Crippen molar-refractivity contribution in [3.8, 4) is 10.8 Å². The van der Waals surface area contributed by atoms with E-state index in [2.05, 4.69) is 10.3 Å². The molecule has 2 N–H and O–H groups in total. The van der Waals surface area contributed by atoms with Gasteiger partial charge in [0.1, 0.15) is 5.76 Å². The van der Waals surface area contributed by atoms with E-state index in [4.69, 9.17) is 9.15 Å². The summed E-state index contributed by atoms with van der Waals surface area (Å²) in [4.78, 5) is 17.5. The summed E-state index contributed by atoms with van der Waals surface area (Å²) in [6, 6.07) is 3.86. The smallest absolute Gasteiger partial charge is 0.236 e. The van der Waals surface area contributed by atoms with Crippen LogP contribution in [0.15, 0.2) is 21.9 Å². The topological polar surface area (TPSA) is 84.6 Å². The molecule has 23 heavy (non-hydrogen) atoms. The van der Waals surface area contributed by atoms with Gasteiger partial charge < -0.3 is 19.6 Å². The van der Waals surface area contributed by atoms with Gasteiger partial charge in [0.15, 0.2) is 0 Å². The Hall–Kier alpha value is -1.70. The summed E-state index contributed by atoms with van der Waals surface area (Å²) >= 11 is 1.54. The molecule has 7 heteroatoms. The number of carbonyl (C=O) groups excluding carboxylic acids is 1. The highest BCUT2D eigenvalue weighted by atomic mass is 32.1. The van der Waals surface area contributed by atoms with Crippen molar-refractivity contribution < 1.29 is 19.1 Å². The SMILES string of the molecule is Cc1oc(-c2cccs2)nc1CC(=O)NCC1(O)CCOCC1. The maximum atomic E-state index is 12.1. The molecular weight excluding hydrogens is 316 g/mol. The molecule has 0 spiro atoms. The summed E-state index contributed by atoms with van der Waals surface area (Å²) in [7, 11) is 0. The molecule has 3 heterocycles. The third-order valence-electron chi connectivity index (χ3n) is 3.99. The Morgan fingerprint density at radius 2 is 2.26 bits per heavy atom. The zero-order chi connectivity index (χ0) is 16.3. The number of nitrogens with one attached hydrogen (secondary N) is 1. The van der Waals surface area contributed by atoms with Gasteiger partial charge in [-0.05, 0) is 18.4 Å². The van der Waals surface area contributed by atoms with Gasteiger partial charge in [-0.2, -0.15) is 0 Å². The zero-order valence-electron chi connectivity index (χ0n) is 13.0. The lowest BCUT2D eigenvalue weighted by molar-refractivity contribution is -0.123. The second-order valence-electron chi connectivity index (χ2n) is 5.79. The fourth-order valence-electron chi connectivity index (χ4n) is 2.50. The summed E-state index contributed by atoms with van der Waals surface area (Å²) in [5.74, 6) is 1.02. The van der Waals surface area contributed by atoms with Gasteiger partial charge >= 0.3 is 0 Å². The van der Waals surface area contributed by atoms with Gasteiger partial charge in [-0.1, -0.05) is 6.07 Å². The van der Waals surface area contributed by atoms with Crippen LogP contribution in [0.5, 0.6) is 0 Å². The van der Waals surface area contributed by atoms with E-state index < -0.39 is 5.60 Å². The normalized spacial score (nSPS) is 17.1. The van der Waals surface area contributed by atoms with E-state index in [1.165, 1.54) is 0 Å². The summed E-state index contributed by atoms with van der Waals surface area (Å²) in [6.45, 7) is 3.10.